The second-order valence-corrected chi connectivity index (χ2v) is 9.98. The first kappa shape index (κ1) is 23.3. The van der Waals surface area contributed by atoms with Crippen molar-refractivity contribution in [3.8, 4) is 5.75 Å². The minimum Gasteiger partial charge on any atom is -0.480 e. The van der Waals surface area contributed by atoms with Gasteiger partial charge < -0.3 is 20.5 Å². The molecule has 1 aliphatic rings. The summed E-state index contributed by atoms with van der Waals surface area (Å²) >= 11 is 1.25. The molecular weight excluding hydrogens is 447 g/mol. The number of aliphatic carboxylic acids is 1. The van der Waals surface area contributed by atoms with Crippen LogP contribution in [0.5, 0.6) is 5.75 Å². The number of nitrogens with zero attached hydrogens (tertiary/aromatic N) is 2. The highest BCUT2D eigenvalue weighted by Gasteiger charge is 2.39. The molecule has 5 atom stereocenters. The number of benzene rings is 1. The molecule has 1 aliphatic heterocycles. The summed E-state index contributed by atoms with van der Waals surface area (Å²) in [5.41, 5.74) is 4.97. The Kier molecular flexibility index (Phi) is 7.39. The van der Waals surface area contributed by atoms with E-state index >= 15 is 0 Å². The fourth-order valence-electron chi connectivity index (χ4n) is 2.85. The standard InChI is InChI=1S/C18H23N4O7PS/c1-11(17(24)25)21-30(27,29-12-5-3-2-4-6-12)28-10-14-13(23)9-16(31-14)22-8-7-15(19)20-18(22)26/h2-8,11,13-14,16,23H,9-10H2,1H3,(H,21,27)(H,24,25)(H2,19,20,26)/t11-,13-,14+,16+,30-/m0/s1. The quantitative estimate of drug-likeness (QED) is 0.392. The van der Waals surface area contributed by atoms with E-state index < -0.39 is 42.2 Å². The zero-order valence-corrected chi connectivity index (χ0v) is 18.2. The number of aliphatic hydroxyl groups is 1. The van der Waals surface area contributed by atoms with Gasteiger partial charge in [0.15, 0.2) is 0 Å². The maximum Gasteiger partial charge on any atom is 0.459 e. The molecule has 2 aromatic rings. The second-order valence-electron chi connectivity index (χ2n) is 6.86. The molecule has 1 aromatic carbocycles. The number of carboxylic acid groups (broad SMARTS) is 1. The van der Waals surface area contributed by atoms with E-state index in [1.54, 1.807) is 30.3 Å². The number of nitrogens with one attached hydrogen (secondary N) is 1. The van der Waals surface area contributed by atoms with Crippen LogP contribution in [0.25, 0.3) is 0 Å². The van der Waals surface area contributed by atoms with Gasteiger partial charge in [-0.25, -0.2) is 9.36 Å². The Hall–Kier alpha value is -2.37. The van der Waals surface area contributed by atoms with Gasteiger partial charge in [-0.1, -0.05) is 18.2 Å². The molecule has 3 rings (SSSR count). The van der Waals surface area contributed by atoms with Crippen LogP contribution in [0.4, 0.5) is 5.82 Å². The van der Waals surface area contributed by atoms with Crippen LogP contribution in [0.3, 0.4) is 0 Å². The molecule has 13 heteroatoms. The molecule has 1 saturated heterocycles. The highest BCUT2D eigenvalue weighted by molar-refractivity contribution is 8.00. The van der Waals surface area contributed by atoms with Gasteiger partial charge in [0, 0.05) is 12.6 Å². The molecule has 31 heavy (non-hydrogen) atoms. The second kappa shape index (κ2) is 9.84. The van der Waals surface area contributed by atoms with Gasteiger partial charge in [0.1, 0.15) is 17.6 Å². The maximum absolute atomic E-state index is 13.2. The predicted octanol–water partition coefficient (Wildman–Crippen LogP) is 1.46. The van der Waals surface area contributed by atoms with E-state index in [9.17, 15) is 19.3 Å². The van der Waals surface area contributed by atoms with Crippen LogP contribution in [-0.4, -0.2) is 49.7 Å². The number of thioether (sulfide) groups is 1. The summed E-state index contributed by atoms with van der Waals surface area (Å²) in [7, 11) is -4.09. The molecular formula is C18H23N4O7PS. The first-order valence-electron chi connectivity index (χ1n) is 9.35. The number of hydrogen-bond acceptors (Lipinski definition) is 9. The number of carboxylic acids is 1. The molecule has 1 aromatic heterocycles. The third-order valence-electron chi connectivity index (χ3n) is 4.47. The van der Waals surface area contributed by atoms with Crippen LogP contribution in [-0.2, 0) is 13.9 Å². The lowest BCUT2D eigenvalue weighted by molar-refractivity contribution is -0.138. The fraction of sp³-hybridized carbons (Fsp3) is 0.389. The Morgan fingerprint density at radius 3 is 2.77 bits per heavy atom. The number of para-hydroxylation sites is 1. The summed E-state index contributed by atoms with van der Waals surface area (Å²) in [5.74, 6) is -0.902. The number of rotatable bonds is 9. The Labute approximate surface area is 182 Å². The van der Waals surface area contributed by atoms with Gasteiger partial charge in [0.2, 0.25) is 0 Å². The van der Waals surface area contributed by atoms with Crippen LogP contribution in [0, 0.1) is 0 Å². The van der Waals surface area contributed by atoms with E-state index in [1.807, 2.05) is 0 Å². The number of aliphatic hydroxyl groups excluding tert-OH is 1. The Balaban J connectivity index is 1.70. The van der Waals surface area contributed by atoms with Gasteiger partial charge >= 0.3 is 19.4 Å². The maximum atomic E-state index is 13.2. The molecule has 5 N–H and O–H groups in total. The number of anilines is 1. The van der Waals surface area contributed by atoms with Crippen molar-refractivity contribution in [2.75, 3.05) is 12.3 Å². The number of nitrogen functional groups attached to an aromatic ring is 1. The SMILES string of the molecule is C[C@H](N[P@](=O)(OC[C@H]1S[C@@H](n2ccc(N)nc2=O)C[C@@H]1O)Oc1ccccc1)C(=O)O. The van der Waals surface area contributed by atoms with Gasteiger partial charge in [-0.15, -0.1) is 11.8 Å². The average molecular weight is 470 g/mol. The van der Waals surface area contributed by atoms with E-state index in [0.29, 0.717) is 0 Å². The summed E-state index contributed by atoms with van der Waals surface area (Å²) in [6, 6.07) is 8.46. The topological polar surface area (TPSA) is 166 Å². The molecule has 0 amide bonds. The lowest BCUT2D eigenvalue weighted by Gasteiger charge is -2.23. The molecule has 0 bridgehead atoms. The zero-order valence-electron chi connectivity index (χ0n) is 16.5. The predicted molar refractivity (Wildman–Crippen MR) is 115 cm³/mol. The lowest BCUT2D eigenvalue weighted by atomic mass is 10.2. The van der Waals surface area contributed by atoms with E-state index in [1.165, 1.54) is 35.5 Å². The van der Waals surface area contributed by atoms with Crippen molar-refractivity contribution in [3.05, 3.63) is 53.1 Å². The van der Waals surface area contributed by atoms with Crippen molar-refractivity contribution < 1.29 is 28.6 Å². The van der Waals surface area contributed by atoms with E-state index in [-0.39, 0.29) is 24.6 Å². The van der Waals surface area contributed by atoms with Crippen LogP contribution in [0.2, 0.25) is 0 Å². The summed E-state index contributed by atoms with van der Waals surface area (Å²) in [6.45, 7) is 1.10. The fourth-order valence-corrected chi connectivity index (χ4v) is 5.92. The Bertz CT molecular complexity index is 1020. The first-order chi connectivity index (χ1) is 14.7. The summed E-state index contributed by atoms with van der Waals surface area (Å²) in [4.78, 5) is 27.0. The van der Waals surface area contributed by atoms with Gasteiger partial charge in [-0.3, -0.25) is 13.9 Å². The third-order valence-corrected chi connectivity index (χ3v) is 7.64. The molecule has 0 radical (unpaired) electrons. The molecule has 2 heterocycles. The van der Waals surface area contributed by atoms with Crippen molar-refractivity contribution in [3.63, 3.8) is 0 Å². The summed E-state index contributed by atoms with van der Waals surface area (Å²) in [5, 5.41) is 21.0. The van der Waals surface area contributed by atoms with Crippen molar-refractivity contribution >= 4 is 31.3 Å². The highest BCUT2D eigenvalue weighted by atomic mass is 32.2. The average Bonchev–Trinajstić information content (AvgIpc) is 3.07. The number of hydrogen-bond donors (Lipinski definition) is 4. The number of aromatic nitrogens is 2. The van der Waals surface area contributed by atoms with Crippen LogP contribution < -0.4 is 21.0 Å². The first-order valence-corrected chi connectivity index (χ1v) is 11.8. The van der Waals surface area contributed by atoms with Crippen LogP contribution in [0.15, 0.2) is 47.4 Å². The van der Waals surface area contributed by atoms with Gasteiger partial charge in [-0.05, 0) is 25.1 Å². The number of carbonyl (C=O) groups is 1. The Morgan fingerprint density at radius 1 is 1.42 bits per heavy atom. The molecule has 0 saturated carbocycles. The smallest absolute Gasteiger partial charge is 0.459 e. The summed E-state index contributed by atoms with van der Waals surface area (Å²) < 4.78 is 25.5. The van der Waals surface area contributed by atoms with Gasteiger partial charge in [-0.2, -0.15) is 10.1 Å². The molecule has 168 valence electrons. The molecule has 1 fully saturated rings. The van der Waals surface area contributed by atoms with Gasteiger partial charge in [0.25, 0.3) is 0 Å². The van der Waals surface area contributed by atoms with Crippen LogP contribution in [0.1, 0.15) is 18.7 Å². The highest BCUT2D eigenvalue weighted by Crippen LogP contribution is 2.48. The van der Waals surface area contributed by atoms with Gasteiger partial charge in [0.05, 0.1) is 23.3 Å². The van der Waals surface area contributed by atoms with Crippen molar-refractivity contribution in [1.29, 1.82) is 0 Å². The van der Waals surface area contributed by atoms with Crippen molar-refractivity contribution in [2.45, 2.75) is 36.1 Å². The minimum absolute atomic E-state index is 0.0994. The summed E-state index contributed by atoms with van der Waals surface area (Å²) in [6.07, 6.45) is 0.881. The van der Waals surface area contributed by atoms with E-state index in [2.05, 4.69) is 10.1 Å². The Morgan fingerprint density at radius 2 is 2.13 bits per heavy atom. The largest absolute Gasteiger partial charge is 0.480 e. The van der Waals surface area contributed by atoms with Crippen LogP contribution >= 0.6 is 19.5 Å². The van der Waals surface area contributed by atoms with E-state index in [4.69, 9.17) is 19.9 Å². The lowest BCUT2D eigenvalue weighted by Crippen LogP contribution is -2.34. The van der Waals surface area contributed by atoms with E-state index in [0.717, 1.165) is 0 Å². The molecule has 0 unspecified atom stereocenters. The number of nitrogens with two attached hydrogens (primary N) is 1. The third kappa shape index (κ3) is 6.08. The molecule has 11 nitrogen and oxygen atoms in total. The minimum atomic E-state index is -4.09. The monoisotopic (exact) mass is 470 g/mol. The molecule has 0 aliphatic carbocycles. The van der Waals surface area contributed by atoms with Crippen molar-refractivity contribution in [1.82, 2.24) is 14.6 Å². The molecule has 0 spiro atoms. The zero-order chi connectivity index (χ0) is 22.6. The van der Waals surface area contributed by atoms with Crippen molar-refractivity contribution in [2.24, 2.45) is 0 Å². The normalized spacial score (nSPS) is 23.7.